The topological polar surface area (TPSA) is 32.3 Å². The van der Waals surface area contributed by atoms with Gasteiger partial charge in [-0.1, -0.05) is 13.8 Å². The summed E-state index contributed by atoms with van der Waals surface area (Å²) >= 11 is 0. The molecular formula is C12H26N2OS. The molecule has 1 aliphatic heterocycles. The zero-order valence-corrected chi connectivity index (χ0v) is 11.8. The van der Waals surface area contributed by atoms with Gasteiger partial charge in [-0.05, 0) is 19.8 Å². The Kier molecular flexibility index (Phi) is 5.94. The van der Waals surface area contributed by atoms with Crippen LogP contribution in [0.25, 0.3) is 0 Å². The second-order valence-electron chi connectivity index (χ2n) is 4.84. The second-order valence-corrected chi connectivity index (χ2v) is 6.64. The molecule has 0 aromatic carbocycles. The minimum Gasteiger partial charge on any atom is -0.311 e. The molecule has 0 aromatic heterocycles. The highest BCUT2D eigenvalue weighted by Gasteiger charge is 2.27. The van der Waals surface area contributed by atoms with Crippen molar-refractivity contribution in [2.24, 2.45) is 0 Å². The summed E-state index contributed by atoms with van der Waals surface area (Å²) in [6.07, 6.45) is 4.16. The minimum atomic E-state index is -0.704. The lowest BCUT2D eigenvalue weighted by atomic mass is 10.1. The molecule has 96 valence electrons. The number of hydrogen-bond donors (Lipinski definition) is 1. The molecule has 1 rings (SSSR count). The highest BCUT2D eigenvalue weighted by atomic mass is 32.2. The number of rotatable bonds is 5. The van der Waals surface area contributed by atoms with Crippen LogP contribution in [-0.2, 0) is 10.8 Å². The molecule has 0 spiro atoms. The van der Waals surface area contributed by atoms with Crippen molar-refractivity contribution in [2.45, 2.75) is 50.9 Å². The van der Waals surface area contributed by atoms with Crippen LogP contribution in [0.5, 0.6) is 0 Å². The maximum atomic E-state index is 11.4. The molecule has 1 fully saturated rings. The van der Waals surface area contributed by atoms with Gasteiger partial charge in [-0.25, -0.2) is 0 Å². The molecule has 0 aliphatic carbocycles. The highest BCUT2D eigenvalue weighted by Crippen LogP contribution is 2.13. The smallest absolute Gasteiger partial charge is 0.0444 e. The molecule has 4 atom stereocenters. The molecule has 0 radical (unpaired) electrons. The number of nitrogens with one attached hydrogen (secondary N) is 1. The van der Waals surface area contributed by atoms with E-state index in [9.17, 15) is 4.21 Å². The maximum absolute atomic E-state index is 11.4. The molecule has 1 heterocycles. The first-order chi connectivity index (χ1) is 7.58. The Hall–Kier alpha value is 0.0700. The molecule has 4 heteroatoms. The normalized spacial score (nSPS) is 31.2. The summed E-state index contributed by atoms with van der Waals surface area (Å²) in [5.74, 6) is 0. The van der Waals surface area contributed by atoms with E-state index in [1.807, 2.05) is 6.26 Å². The van der Waals surface area contributed by atoms with Crippen LogP contribution in [0.4, 0.5) is 0 Å². The zero-order valence-electron chi connectivity index (χ0n) is 11.0. The van der Waals surface area contributed by atoms with E-state index in [0.29, 0.717) is 12.1 Å². The first-order valence-electron chi connectivity index (χ1n) is 6.38. The Morgan fingerprint density at radius 2 is 2.12 bits per heavy atom. The van der Waals surface area contributed by atoms with Crippen LogP contribution in [0.3, 0.4) is 0 Å². The van der Waals surface area contributed by atoms with Crippen molar-refractivity contribution >= 4 is 10.8 Å². The van der Waals surface area contributed by atoms with E-state index in [4.69, 9.17) is 0 Å². The first-order valence-corrected chi connectivity index (χ1v) is 8.00. The summed E-state index contributed by atoms with van der Waals surface area (Å²) in [6, 6.07) is 1.23. The summed E-state index contributed by atoms with van der Waals surface area (Å²) in [5, 5.41) is 3.87. The summed E-state index contributed by atoms with van der Waals surface area (Å²) in [7, 11) is -0.704. The average molecular weight is 246 g/mol. The van der Waals surface area contributed by atoms with Crippen LogP contribution in [0.2, 0.25) is 0 Å². The van der Waals surface area contributed by atoms with Gasteiger partial charge in [-0.2, -0.15) is 0 Å². The van der Waals surface area contributed by atoms with Gasteiger partial charge in [0.15, 0.2) is 0 Å². The summed E-state index contributed by atoms with van der Waals surface area (Å²) in [4.78, 5) is 2.52. The van der Waals surface area contributed by atoms with Gasteiger partial charge in [-0.15, -0.1) is 0 Å². The van der Waals surface area contributed by atoms with Crippen LogP contribution in [0.1, 0.15) is 33.6 Å². The van der Waals surface area contributed by atoms with Crippen molar-refractivity contribution in [3.8, 4) is 0 Å². The summed E-state index contributed by atoms with van der Waals surface area (Å²) in [6.45, 7) is 9.71. The average Bonchev–Trinajstić information content (AvgIpc) is 2.28. The Morgan fingerprint density at radius 3 is 2.62 bits per heavy atom. The predicted octanol–water partition coefficient (Wildman–Crippen LogP) is 1.22. The van der Waals surface area contributed by atoms with Crippen LogP contribution >= 0.6 is 0 Å². The first kappa shape index (κ1) is 14.1. The molecule has 1 saturated heterocycles. The monoisotopic (exact) mass is 246 g/mol. The van der Waals surface area contributed by atoms with Crippen LogP contribution in [0.15, 0.2) is 0 Å². The molecule has 3 nitrogen and oxygen atoms in total. The van der Waals surface area contributed by atoms with E-state index in [2.05, 4.69) is 31.0 Å². The van der Waals surface area contributed by atoms with E-state index in [0.717, 1.165) is 19.6 Å². The van der Waals surface area contributed by atoms with Gasteiger partial charge >= 0.3 is 0 Å². The standard InChI is InChI=1S/C12H26N2OS/c1-5-11-9-14(8-10(3)16(4)15)12(6-2)7-13-11/h10-13H,5-9H2,1-4H3. The SMILES string of the molecule is CCC1CN(CC(C)S(C)=O)C(CC)CN1. The van der Waals surface area contributed by atoms with E-state index in [1.54, 1.807) is 0 Å². The van der Waals surface area contributed by atoms with Crippen molar-refractivity contribution in [2.75, 3.05) is 25.9 Å². The Labute approximate surface area is 102 Å². The van der Waals surface area contributed by atoms with Gasteiger partial charge in [0.2, 0.25) is 0 Å². The van der Waals surface area contributed by atoms with Crippen molar-refractivity contribution in [1.82, 2.24) is 10.2 Å². The molecule has 1 aliphatic rings. The minimum absolute atomic E-state index is 0.282. The summed E-state index contributed by atoms with van der Waals surface area (Å²) in [5.41, 5.74) is 0. The van der Waals surface area contributed by atoms with Gasteiger partial charge in [0, 0.05) is 54.0 Å². The van der Waals surface area contributed by atoms with Crippen LogP contribution in [-0.4, -0.2) is 52.3 Å². The van der Waals surface area contributed by atoms with Crippen molar-refractivity contribution in [3.63, 3.8) is 0 Å². The lowest BCUT2D eigenvalue weighted by molar-refractivity contribution is 0.126. The Morgan fingerprint density at radius 1 is 1.44 bits per heavy atom. The third kappa shape index (κ3) is 3.82. The van der Waals surface area contributed by atoms with Crippen LogP contribution < -0.4 is 5.32 Å². The molecule has 0 bridgehead atoms. The van der Waals surface area contributed by atoms with Crippen LogP contribution in [0, 0.1) is 0 Å². The fourth-order valence-electron chi connectivity index (χ4n) is 2.26. The quantitative estimate of drug-likeness (QED) is 0.791. The number of piperazine rings is 1. The predicted molar refractivity (Wildman–Crippen MR) is 71.3 cm³/mol. The van der Waals surface area contributed by atoms with Crippen molar-refractivity contribution in [3.05, 3.63) is 0 Å². The van der Waals surface area contributed by atoms with Gasteiger partial charge < -0.3 is 5.32 Å². The second kappa shape index (κ2) is 6.72. The third-order valence-corrected chi connectivity index (χ3v) is 4.92. The molecule has 16 heavy (non-hydrogen) atoms. The van der Waals surface area contributed by atoms with Gasteiger partial charge in [0.25, 0.3) is 0 Å². The van der Waals surface area contributed by atoms with Gasteiger partial charge in [0.05, 0.1) is 0 Å². The molecule has 0 saturated carbocycles. The zero-order chi connectivity index (χ0) is 12.1. The molecular weight excluding hydrogens is 220 g/mol. The van der Waals surface area contributed by atoms with Crippen molar-refractivity contribution < 1.29 is 4.21 Å². The Bertz CT molecular complexity index is 235. The van der Waals surface area contributed by atoms with Crippen molar-refractivity contribution in [1.29, 1.82) is 0 Å². The third-order valence-electron chi connectivity index (χ3n) is 3.64. The number of hydrogen-bond acceptors (Lipinski definition) is 3. The molecule has 1 N–H and O–H groups in total. The van der Waals surface area contributed by atoms with E-state index in [1.165, 1.54) is 12.8 Å². The number of nitrogens with zero attached hydrogens (tertiary/aromatic N) is 1. The molecule has 0 aromatic rings. The highest BCUT2D eigenvalue weighted by molar-refractivity contribution is 7.84. The van der Waals surface area contributed by atoms with Gasteiger partial charge in [-0.3, -0.25) is 9.11 Å². The van der Waals surface area contributed by atoms with Gasteiger partial charge in [0.1, 0.15) is 0 Å². The fourth-order valence-corrected chi connectivity index (χ4v) is 2.66. The summed E-state index contributed by atoms with van der Waals surface area (Å²) < 4.78 is 11.4. The maximum Gasteiger partial charge on any atom is 0.0444 e. The van der Waals surface area contributed by atoms with E-state index < -0.39 is 10.8 Å². The van der Waals surface area contributed by atoms with E-state index >= 15 is 0 Å². The lowest BCUT2D eigenvalue weighted by Crippen LogP contribution is -2.57. The fraction of sp³-hybridized carbons (Fsp3) is 1.00. The lowest BCUT2D eigenvalue weighted by Gasteiger charge is -2.40. The Balaban J connectivity index is 2.54. The van der Waals surface area contributed by atoms with E-state index in [-0.39, 0.29) is 5.25 Å². The molecule has 4 unspecified atom stereocenters. The largest absolute Gasteiger partial charge is 0.311 e. The molecule has 0 amide bonds.